The van der Waals surface area contributed by atoms with Crippen LogP contribution in [0.3, 0.4) is 0 Å². The Morgan fingerprint density at radius 1 is 0.976 bits per heavy atom. The van der Waals surface area contributed by atoms with Crippen LogP contribution < -0.4 is 49.4 Å². The Kier molecular flexibility index (Phi) is 13.9. The first kappa shape index (κ1) is 32.9. The molecule has 0 aliphatic heterocycles. The van der Waals surface area contributed by atoms with Crippen molar-refractivity contribution in [3.63, 3.8) is 0 Å². The summed E-state index contributed by atoms with van der Waals surface area (Å²) in [7, 11) is 1.63. The Balaban J connectivity index is 1.88. The molecule has 2 aromatic rings. The number of benzene rings is 1. The van der Waals surface area contributed by atoms with E-state index in [9.17, 15) is 9.59 Å². The molecule has 13 N–H and O–H groups in total. The molecular weight excluding hydrogens is 526 g/mol. The minimum absolute atomic E-state index is 0.0171. The molecule has 0 saturated heterocycles. The molecule has 1 aromatic heterocycles. The fraction of sp³-hybridized carbons (Fsp3) is 0.519. The van der Waals surface area contributed by atoms with E-state index in [0.29, 0.717) is 51.7 Å². The third kappa shape index (κ3) is 12.2. The molecule has 3 atom stereocenters. The van der Waals surface area contributed by atoms with Gasteiger partial charge in [-0.1, -0.05) is 6.07 Å². The number of nitrogens with two attached hydrogens (primary N) is 5. The molecule has 0 fully saturated rings. The number of fused-ring (bicyclic) bond motifs is 1. The highest BCUT2D eigenvalue weighted by atomic mass is 16.5. The number of aromatic nitrogens is 1. The third-order valence-electron chi connectivity index (χ3n) is 6.31. The van der Waals surface area contributed by atoms with Crippen LogP contribution in [0.25, 0.3) is 10.9 Å². The highest BCUT2D eigenvalue weighted by molar-refractivity contribution is 5.92. The largest absolute Gasteiger partial charge is 0.497 e. The van der Waals surface area contributed by atoms with Crippen molar-refractivity contribution in [2.45, 2.75) is 63.6 Å². The van der Waals surface area contributed by atoms with Crippen LogP contribution in [0.5, 0.6) is 5.75 Å². The summed E-state index contributed by atoms with van der Waals surface area (Å²) in [6, 6.07) is 6.28. The predicted octanol–water partition coefficient (Wildman–Crippen LogP) is -0.140. The second-order valence-electron chi connectivity index (χ2n) is 9.79. The molecule has 2 amide bonds. The summed E-state index contributed by atoms with van der Waals surface area (Å²) < 4.78 is 5.43. The monoisotopic (exact) mass is 571 g/mol. The van der Waals surface area contributed by atoms with Crippen molar-refractivity contribution in [1.29, 1.82) is 0 Å². The average molecular weight is 572 g/mol. The van der Waals surface area contributed by atoms with Gasteiger partial charge >= 0.3 is 0 Å². The van der Waals surface area contributed by atoms with E-state index in [4.69, 9.17) is 33.4 Å². The lowest BCUT2D eigenvalue weighted by Crippen LogP contribution is -2.51. The number of aliphatic imine (C=N–C) groups is 2. The van der Waals surface area contributed by atoms with Crippen molar-refractivity contribution < 1.29 is 14.3 Å². The van der Waals surface area contributed by atoms with Gasteiger partial charge in [0.25, 0.3) is 0 Å². The van der Waals surface area contributed by atoms with Crippen LogP contribution in [0.2, 0.25) is 0 Å². The van der Waals surface area contributed by atoms with E-state index in [0.717, 1.165) is 28.8 Å². The summed E-state index contributed by atoms with van der Waals surface area (Å²) in [6.45, 7) is 3.21. The van der Waals surface area contributed by atoms with E-state index in [1.807, 2.05) is 24.3 Å². The van der Waals surface area contributed by atoms with Gasteiger partial charge in [-0.2, -0.15) is 0 Å². The number of nitrogens with zero attached hydrogens (tertiary/aromatic N) is 3. The second-order valence-corrected chi connectivity index (χ2v) is 9.79. The molecule has 226 valence electrons. The normalized spacial score (nSPS) is 13.0. The molecule has 41 heavy (non-hydrogen) atoms. The number of guanidine groups is 2. The first-order valence-electron chi connectivity index (χ1n) is 13.7. The molecule has 0 aliphatic rings. The Labute approximate surface area is 240 Å². The standard InChI is InChI=1S/C27H45N11O3/c1-17(37-22-16-19(41-2)15-18-8-4-11-33-23(18)22)7-3-12-34-25(40)21(10-6-14-36-27(31)32)38-24(39)20(28)9-5-13-35-26(29)30/h4,8,11,15-17,20-21,37H,3,5-7,9-10,12-14,28H2,1-2H3,(H,34,40)(H,38,39)(H4,29,30,35)(H4,31,32,36)/t17?,20-,21-/m0/s1. The van der Waals surface area contributed by atoms with Gasteiger partial charge in [0.2, 0.25) is 11.8 Å². The number of carbonyl (C=O) groups is 2. The lowest BCUT2D eigenvalue weighted by molar-refractivity contribution is -0.129. The number of nitrogens with one attached hydrogen (secondary N) is 3. The maximum atomic E-state index is 13.0. The van der Waals surface area contributed by atoms with Crippen LogP contribution in [-0.4, -0.2) is 73.6 Å². The Hall–Kier alpha value is -4.33. The van der Waals surface area contributed by atoms with Gasteiger partial charge in [0, 0.05) is 43.3 Å². The van der Waals surface area contributed by atoms with Crippen LogP contribution in [0.1, 0.15) is 45.4 Å². The first-order chi connectivity index (χ1) is 19.6. The number of pyridine rings is 1. The number of methoxy groups -OCH3 is 1. The molecule has 0 radical (unpaired) electrons. The molecule has 2 rings (SSSR count). The lowest BCUT2D eigenvalue weighted by atomic mass is 10.1. The summed E-state index contributed by atoms with van der Waals surface area (Å²) in [6.07, 6.45) is 5.01. The Morgan fingerprint density at radius 2 is 1.66 bits per heavy atom. The van der Waals surface area contributed by atoms with Crippen LogP contribution >= 0.6 is 0 Å². The number of carbonyl (C=O) groups excluding carboxylic acids is 2. The number of amides is 2. The fourth-order valence-corrected chi connectivity index (χ4v) is 4.17. The summed E-state index contributed by atoms with van der Waals surface area (Å²) in [5.74, 6) is -0.0170. The Morgan fingerprint density at radius 3 is 2.32 bits per heavy atom. The summed E-state index contributed by atoms with van der Waals surface area (Å²) >= 11 is 0. The fourth-order valence-electron chi connectivity index (χ4n) is 4.17. The van der Waals surface area contributed by atoms with Gasteiger partial charge in [-0.3, -0.25) is 24.6 Å². The molecule has 0 saturated carbocycles. The molecule has 14 nitrogen and oxygen atoms in total. The van der Waals surface area contributed by atoms with Crippen LogP contribution in [0, 0.1) is 0 Å². The van der Waals surface area contributed by atoms with E-state index >= 15 is 0 Å². The van der Waals surface area contributed by atoms with Crippen molar-refractivity contribution in [2.24, 2.45) is 38.7 Å². The number of ether oxygens (including phenoxy) is 1. The Bertz CT molecular complexity index is 1180. The minimum Gasteiger partial charge on any atom is -0.497 e. The van der Waals surface area contributed by atoms with Gasteiger partial charge in [0.15, 0.2) is 11.9 Å². The highest BCUT2D eigenvalue weighted by Gasteiger charge is 2.23. The second kappa shape index (κ2) is 17.4. The zero-order valence-corrected chi connectivity index (χ0v) is 23.9. The van der Waals surface area contributed by atoms with E-state index in [1.54, 1.807) is 13.3 Å². The van der Waals surface area contributed by atoms with Crippen LogP contribution in [0.4, 0.5) is 5.69 Å². The highest BCUT2D eigenvalue weighted by Crippen LogP contribution is 2.28. The topological polar surface area (TPSA) is 247 Å². The lowest BCUT2D eigenvalue weighted by Gasteiger charge is -2.21. The average Bonchev–Trinajstić information content (AvgIpc) is 2.94. The molecule has 1 unspecified atom stereocenters. The number of hydrogen-bond acceptors (Lipinski definition) is 8. The molecule has 1 aromatic carbocycles. The predicted molar refractivity (Wildman–Crippen MR) is 163 cm³/mol. The minimum atomic E-state index is -0.800. The molecule has 0 aliphatic carbocycles. The van der Waals surface area contributed by atoms with Gasteiger partial charge in [-0.05, 0) is 57.6 Å². The van der Waals surface area contributed by atoms with E-state index in [2.05, 4.69) is 37.8 Å². The van der Waals surface area contributed by atoms with E-state index in [1.165, 1.54) is 0 Å². The smallest absolute Gasteiger partial charge is 0.242 e. The quantitative estimate of drug-likeness (QED) is 0.0668. The SMILES string of the molecule is COc1cc(NC(C)CCCNC(=O)[C@H](CCCN=C(N)N)NC(=O)[C@@H](N)CCCN=C(N)N)c2ncccc2c1. The molecule has 0 bridgehead atoms. The molecule has 1 heterocycles. The maximum absolute atomic E-state index is 13.0. The van der Waals surface area contributed by atoms with Crippen molar-refractivity contribution in [3.05, 3.63) is 30.5 Å². The zero-order valence-electron chi connectivity index (χ0n) is 23.9. The maximum Gasteiger partial charge on any atom is 0.242 e. The van der Waals surface area contributed by atoms with Gasteiger partial charge in [-0.25, -0.2) is 0 Å². The number of hydrogen-bond donors (Lipinski definition) is 8. The van der Waals surface area contributed by atoms with Crippen LogP contribution in [0.15, 0.2) is 40.4 Å². The van der Waals surface area contributed by atoms with Crippen molar-refractivity contribution in [3.8, 4) is 5.75 Å². The number of rotatable bonds is 18. The van der Waals surface area contributed by atoms with E-state index < -0.39 is 18.0 Å². The van der Waals surface area contributed by atoms with Crippen molar-refractivity contribution in [1.82, 2.24) is 15.6 Å². The molecular formula is C27H45N11O3. The van der Waals surface area contributed by atoms with Crippen molar-refractivity contribution >= 4 is 40.3 Å². The third-order valence-corrected chi connectivity index (χ3v) is 6.31. The van der Waals surface area contributed by atoms with Gasteiger partial charge in [0.1, 0.15) is 11.8 Å². The van der Waals surface area contributed by atoms with Gasteiger partial charge < -0.3 is 49.4 Å². The molecule has 14 heteroatoms. The zero-order chi connectivity index (χ0) is 30.2. The molecule has 0 spiro atoms. The first-order valence-corrected chi connectivity index (χ1v) is 13.7. The van der Waals surface area contributed by atoms with Gasteiger partial charge in [0.05, 0.1) is 24.4 Å². The number of anilines is 1. The van der Waals surface area contributed by atoms with Crippen LogP contribution in [-0.2, 0) is 9.59 Å². The summed E-state index contributed by atoms with van der Waals surface area (Å²) in [4.78, 5) is 38.0. The van der Waals surface area contributed by atoms with Crippen molar-refractivity contribution in [2.75, 3.05) is 32.1 Å². The van der Waals surface area contributed by atoms with Gasteiger partial charge in [-0.15, -0.1) is 0 Å². The summed E-state index contributed by atoms with van der Waals surface area (Å²) in [5.41, 5.74) is 29.2. The van der Waals surface area contributed by atoms with E-state index in [-0.39, 0.29) is 23.9 Å². The summed E-state index contributed by atoms with van der Waals surface area (Å²) in [5, 5.41) is 10.2.